The highest BCUT2D eigenvalue weighted by Crippen LogP contribution is 2.32. The van der Waals surface area contributed by atoms with Crippen molar-refractivity contribution in [3.05, 3.63) is 29.3 Å². The van der Waals surface area contributed by atoms with Gasteiger partial charge < -0.3 is 10.2 Å². The third-order valence-corrected chi connectivity index (χ3v) is 5.56. The summed E-state index contributed by atoms with van der Waals surface area (Å²) in [5.74, 6) is 1.26. The fraction of sp³-hybridized carbons (Fsp3) is 0.650. The van der Waals surface area contributed by atoms with Crippen LogP contribution in [0.1, 0.15) is 50.7 Å². The highest BCUT2D eigenvalue weighted by Gasteiger charge is 2.28. The lowest BCUT2D eigenvalue weighted by Gasteiger charge is -2.24. The van der Waals surface area contributed by atoms with E-state index in [1.807, 2.05) is 4.90 Å². The summed E-state index contributed by atoms with van der Waals surface area (Å²) >= 11 is 0. The van der Waals surface area contributed by atoms with Crippen LogP contribution in [0.15, 0.2) is 18.2 Å². The van der Waals surface area contributed by atoms with E-state index in [1.54, 1.807) is 0 Å². The van der Waals surface area contributed by atoms with Gasteiger partial charge in [0.1, 0.15) is 0 Å². The van der Waals surface area contributed by atoms with Crippen LogP contribution in [-0.4, -0.2) is 25.5 Å². The minimum Gasteiger partial charge on any atom is -0.316 e. The first-order valence-electron chi connectivity index (χ1n) is 9.36. The Kier molecular flexibility index (Phi) is 5.37. The Hall–Kier alpha value is -1.35. The smallest absolute Gasteiger partial charge is 0.230 e. The molecule has 1 N–H and O–H groups in total. The molecule has 0 aliphatic carbocycles. The maximum absolute atomic E-state index is 12.7. The Bertz CT molecular complexity index is 545. The van der Waals surface area contributed by atoms with E-state index >= 15 is 0 Å². The molecule has 0 aromatic heterocycles. The molecule has 1 unspecified atom stereocenters. The standard InChI is InChI=1S/C20H30N2O/c1-3-17(4-2)20(23)22-11-9-18-13-15(7-8-19(18)22)12-16-6-5-10-21-14-16/h7-8,13,16-17,21H,3-6,9-12,14H2,1-2H3. The molecule has 3 heteroatoms. The lowest BCUT2D eigenvalue weighted by atomic mass is 9.91. The predicted octanol–water partition coefficient (Wildman–Crippen LogP) is 3.55. The molecule has 23 heavy (non-hydrogen) atoms. The topological polar surface area (TPSA) is 32.3 Å². The van der Waals surface area contributed by atoms with Gasteiger partial charge in [0.2, 0.25) is 5.91 Å². The second-order valence-corrected chi connectivity index (χ2v) is 7.13. The first-order chi connectivity index (χ1) is 11.2. The number of rotatable bonds is 5. The molecule has 1 amide bonds. The van der Waals surface area contributed by atoms with E-state index in [4.69, 9.17) is 0 Å². The molecular weight excluding hydrogens is 284 g/mol. The zero-order valence-electron chi connectivity index (χ0n) is 14.6. The summed E-state index contributed by atoms with van der Waals surface area (Å²) in [6, 6.07) is 6.78. The first-order valence-corrected chi connectivity index (χ1v) is 9.36. The van der Waals surface area contributed by atoms with Crippen molar-refractivity contribution in [2.75, 3.05) is 24.5 Å². The van der Waals surface area contributed by atoms with Crippen LogP contribution < -0.4 is 10.2 Å². The van der Waals surface area contributed by atoms with Crippen LogP contribution in [-0.2, 0) is 17.6 Å². The Balaban J connectivity index is 1.71. The number of carbonyl (C=O) groups excluding carboxylic acids is 1. The van der Waals surface area contributed by atoms with E-state index in [1.165, 1.54) is 36.9 Å². The van der Waals surface area contributed by atoms with Crippen LogP contribution in [0.3, 0.4) is 0 Å². The molecule has 2 aliphatic heterocycles. The Morgan fingerprint density at radius 3 is 2.87 bits per heavy atom. The summed E-state index contributed by atoms with van der Waals surface area (Å²) < 4.78 is 0. The minimum atomic E-state index is 0.175. The molecule has 2 heterocycles. The quantitative estimate of drug-likeness (QED) is 0.901. The average Bonchev–Trinajstić information content (AvgIpc) is 3.00. The zero-order chi connectivity index (χ0) is 16.2. The van der Waals surface area contributed by atoms with E-state index < -0.39 is 0 Å². The van der Waals surface area contributed by atoms with Crippen molar-refractivity contribution in [2.45, 2.75) is 52.4 Å². The van der Waals surface area contributed by atoms with Crippen molar-refractivity contribution in [2.24, 2.45) is 11.8 Å². The number of hydrogen-bond donors (Lipinski definition) is 1. The Morgan fingerprint density at radius 1 is 1.35 bits per heavy atom. The number of nitrogens with zero attached hydrogens (tertiary/aromatic N) is 1. The molecule has 0 bridgehead atoms. The molecular formula is C20H30N2O. The van der Waals surface area contributed by atoms with Gasteiger partial charge in [-0.15, -0.1) is 0 Å². The number of fused-ring (bicyclic) bond motifs is 1. The second-order valence-electron chi connectivity index (χ2n) is 7.13. The minimum absolute atomic E-state index is 0.175. The van der Waals surface area contributed by atoms with Gasteiger partial charge in [0.25, 0.3) is 0 Å². The van der Waals surface area contributed by atoms with Crippen molar-refractivity contribution >= 4 is 11.6 Å². The number of hydrogen-bond acceptors (Lipinski definition) is 2. The first kappa shape index (κ1) is 16.5. The molecule has 1 aromatic carbocycles. The molecule has 126 valence electrons. The second kappa shape index (κ2) is 7.48. The van der Waals surface area contributed by atoms with Crippen molar-refractivity contribution in [1.82, 2.24) is 5.32 Å². The van der Waals surface area contributed by atoms with Gasteiger partial charge in [0, 0.05) is 18.2 Å². The monoisotopic (exact) mass is 314 g/mol. The van der Waals surface area contributed by atoms with Gasteiger partial charge in [-0.3, -0.25) is 4.79 Å². The van der Waals surface area contributed by atoms with Crippen LogP contribution in [0, 0.1) is 11.8 Å². The zero-order valence-corrected chi connectivity index (χ0v) is 14.6. The largest absolute Gasteiger partial charge is 0.316 e. The normalized spacial score (nSPS) is 20.8. The molecule has 0 radical (unpaired) electrons. The van der Waals surface area contributed by atoms with E-state index in [2.05, 4.69) is 37.4 Å². The molecule has 0 spiro atoms. The Labute approximate surface area is 140 Å². The fourth-order valence-corrected chi connectivity index (χ4v) is 4.10. The van der Waals surface area contributed by atoms with Gasteiger partial charge >= 0.3 is 0 Å². The van der Waals surface area contributed by atoms with Crippen LogP contribution >= 0.6 is 0 Å². The third kappa shape index (κ3) is 3.60. The highest BCUT2D eigenvalue weighted by atomic mass is 16.2. The number of benzene rings is 1. The van der Waals surface area contributed by atoms with Crippen molar-refractivity contribution in [3.63, 3.8) is 0 Å². The third-order valence-electron chi connectivity index (χ3n) is 5.56. The molecule has 0 saturated carbocycles. The number of nitrogens with one attached hydrogen (secondary N) is 1. The maximum Gasteiger partial charge on any atom is 0.230 e. The number of anilines is 1. The van der Waals surface area contributed by atoms with Crippen molar-refractivity contribution in [3.8, 4) is 0 Å². The van der Waals surface area contributed by atoms with Gasteiger partial charge in [0.05, 0.1) is 0 Å². The van der Waals surface area contributed by atoms with E-state index in [9.17, 15) is 4.79 Å². The summed E-state index contributed by atoms with van der Waals surface area (Å²) in [7, 11) is 0. The predicted molar refractivity (Wildman–Crippen MR) is 95.9 cm³/mol. The maximum atomic E-state index is 12.7. The van der Waals surface area contributed by atoms with Crippen LogP contribution in [0.2, 0.25) is 0 Å². The number of carbonyl (C=O) groups is 1. The number of amides is 1. The van der Waals surface area contributed by atoms with Gasteiger partial charge in [-0.25, -0.2) is 0 Å². The lowest BCUT2D eigenvalue weighted by Crippen LogP contribution is -2.34. The molecule has 3 nitrogen and oxygen atoms in total. The summed E-state index contributed by atoms with van der Waals surface area (Å²) in [6.45, 7) is 7.41. The molecule has 3 rings (SSSR count). The fourth-order valence-electron chi connectivity index (χ4n) is 4.10. The van der Waals surface area contributed by atoms with Gasteiger partial charge in [0.15, 0.2) is 0 Å². The summed E-state index contributed by atoms with van der Waals surface area (Å²) in [5.41, 5.74) is 3.97. The summed E-state index contributed by atoms with van der Waals surface area (Å²) in [5, 5.41) is 3.50. The molecule has 2 aliphatic rings. The van der Waals surface area contributed by atoms with Crippen LogP contribution in [0.25, 0.3) is 0 Å². The summed E-state index contributed by atoms with van der Waals surface area (Å²) in [4.78, 5) is 14.7. The highest BCUT2D eigenvalue weighted by molar-refractivity contribution is 5.97. The SMILES string of the molecule is CCC(CC)C(=O)N1CCc2cc(CC3CCCNC3)ccc21. The number of piperidine rings is 1. The molecule has 1 aromatic rings. The van der Waals surface area contributed by atoms with Crippen LogP contribution in [0.4, 0.5) is 5.69 Å². The lowest BCUT2D eigenvalue weighted by molar-refractivity contribution is -0.122. The van der Waals surface area contributed by atoms with Crippen molar-refractivity contribution < 1.29 is 4.79 Å². The van der Waals surface area contributed by atoms with Gasteiger partial charge in [-0.2, -0.15) is 0 Å². The van der Waals surface area contributed by atoms with Crippen LogP contribution in [0.5, 0.6) is 0 Å². The van der Waals surface area contributed by atoms with E-state index in [0.717, 1.165) is 44.0 Å². The van der Waals surface area contributed by atoms with E-state index in [-0.39, 0.29) is 5.92 Å². The Morgan fingerprint density at radius 2 is 2.17 bits per heavy atom. The van der Waals surface area contributed by atoms with E-state index in [0.29, 0.717) is 5.91 Å². The van der Waals surface area contributed by atoms with Gasteiger partial charge in [-0.1, -0.05) is 26.0 Å². The summed E-state index contributed by atoms with van der Waals surface area (Å²) in [6.07, 6.45) is 6.69. The van der Waals surface area contributed by atoms with Crippen molar-refractivity contribution in [1.29, 1.82) is 0 Å². The molecule has 1 saturated heterocycles. The molecule has 1 atom stereocenters. The average molecular weight is 314 g/mol. The van der Waals surface area contributed by atoms with Gasteiger partial charge in [-0.05, 0) is 74.7 Å². The molecule has 1 fully saturated rings.